The van der Waals surface area contributed by atoms with Crippen LogP contribution in [-0.2, 0) is 11.8 Å². The van der Waals surface area contributed by atoms with E-state index in [4.69, 9.17) is 14.3 Å². The number of hydrogen-bond donors (Lipinski definition) is 3. The van der Waals surface area contributed by atoms with Gasteiger partial charge < -0.3 is 19.6 Å². The third kappa shape index (κ3) is 3.88. The highest BCUT2D eigenvalue weighted by atomic mass is 32.5. The lowest BCUT2D eigenvalue weighted by molar-refractivity contribution is 0.370. The van der Waals surface area contributed by atoms with Crippen LogP contribution in [0.25, 0.3) is 10.9 Å². The number of rotatable bonds is 4. The van der Waals surface area contributed by atoms with Gasteiger partial charge in [-0.05, 0) is 61.4 Å². The van der Waals surface area contributed by atoms with Gasteiger partial charge in [-0.1, -0.05) is 0 Å². The molecular weight excluding hydrogens is 345 g/mol. The van der Waals surface area contributed by atoms with E-state index >= 15 is 0 Å². The topological polar surface area (TPSA) is 87.5 Å². The summed E-state index contributed by atoms with van der Waals surface area (Å²) >= 11 is 4.45. The van der Waals surface area contributed by atoms with E-state index in [0.29, 0.717) is 11.6 Å². The Morgan fingerprint density at radius 1 is 1.04 bits per heavy atom. The van der Waals surface area contributed by atoms with Gasteiger partial charge in [-0.25, -0.2) is 9.97 Å². The van der Waals surface area contributed by atoms with Gasteiger partial charge in [-0.2, -0.15) is 0 Å². The number of fused-ring (bicyclic) bond motifs is 1. The van der Waals surface area contributed by atoms with Gasteiger partial charge in [0.15, 0.2) is 0 Å². The molecule has 1 heterocycles. The average Bonchev–Trinajstić information content (AvgIpc) is 2.50. The monoisotopic (exact) mass is 361 g/mol. The molecule has 0 amide bonds. The van der Waals surface area contributed by atoms with Crippen LogP contribution < -0.4 is 9.84 Å². The van der Waals surface area contributed by atoms with Crippen LogP contribution in [0.2, 0.25) is 0 Å². The fourth-order valence-corrected chi connectivity index (χ4v) is 2.94. The molecule has 0 saturated heterocycles. The molecule has 24 heavy (non-hydrogen) atoms. The lowest BCUT2D eigenvalue weighted by atomic mass is 10.1. The molecule has 2 aromatic carbocycles. The SMILES string of the molecule is Cc1cc2ncnc(Nc3ccc(OP(O)(O)=S)cc3)c2cc1C. The predicted octanol–water partition coefficient (Wildman–Crippen LogP) is 3.58. The molecule has 3 aromatic rings. The van der Waals surface area contributed by atoms with Crippen molar-refractivity contribution >= 4 is 40.9 Å². The molecule has 6 nitrogen and oxygen atoms in total. The van der Waals surface area contributed by atoms with Crippen LogP contribution in [0.5, 0.6) is 5.75 Å². The Morgan fingerprint density at radius 3 is 2.38 bits per heavy atom. The number of nitrogens with zero attached hydrogens (tertiary/aromatic N) is 2. The highest BCUT2D eigenvalue weighted by molar-refractivity contribution is 8.06. The molecule has 0 unspecified atom stereocenters. The Balaban J connectivity index is 1.90. The number of aryl methyl sites for hydroxylation is 2. The Hall–Kier alpha value is -2.05. The molecule has 0 aliphatic rings. The molecular formula is C16H16N3O3PS. The summed E-state index contributed by atoms with van der Waals surface area (Å²) in [6.07, 6.45) is 1.52. The summed E-state index contributed by atoms with van der Waals surface area (Å²) in [5.41, 5.74) is 4.00. The number of hydrogen-bond acceptors (Lipinski definition) is 5. The second kappa shape index (κ2) is 6.45. The summed E-state index contributed by atoms with van der Waals surface area (Å²) in [4.78, 5) is 27.0. The quantitative estimate of drug-likeness (QED) is 0.612. The van der Waals surface area contributed by atoms with Gasteiger partial charge in [0.1, 0.15) is 17.9 Å². The molecule has 0 radical (unpaired) electrons. The maximum atomic E-state index is 9.17. The van der Waals surface area contributed by atoms with Crippen molar-refractivity contribution in [1.82, 2.24) is 9.97 Å². The van der Waals surface area contributed by atoms with E-state index in [0.717, 1.165) is 16.6 Å². The summed E-state index contributed by atoms with van der Waals surface area (Å²) in [5, 5.41) is 4.17. The van der Waals surface area contributed by atoms with E-state index in [1.165, 1.54) is 17.5 Å². The van der Waals surface area contributed by atoms with Crippen LogP contribution in [0.3, 0.4) is 0 Å². The minimum absolute atomic E-state index is 0.299. The second-order valence-electron chi connectivity index (χ2n) is 5.41. The van der Waals surface area contributed by atoms with Crippen molar-refractivity contribution in [1.29, 1.82) is 0 Å². The van der Waals surface area contributed by atoms with E-state index in [1.807, 2.05) is 19.9 Å². The largest absolute Gasteiger partial charge is 0.424 e. The fourth-order valence-electron chi connectivity index (χ4n) is 2.29. The van der Waals surface area contributed by atoms with Crippen LogP contribution in [0.4, 0.5) is 11.5 Å². The first-order valence-corrected chi connectivity index (χ1v) is 9.78. The number of anilines is 2. The van der Waals surface area contributed by atoms with Crippen molar-refractivity contribution in [2.24, 2.45) is 0 Å². The first-order chi connectivity index (χ1) is 11.3. The van der Waals surface area contributed by atoms with Crippen molar-refractivity contribution in [3.63, 3.8) is 0 Å². The third-order valence-electron chi connectivity index (χ3n) is 3.59. The summed E-state index contributed by atoms with van der Waals surface area (Å²) in [6.45, 7) is 0.376. The first-order valence-electron chi connectivity index (χ1n) is 7.16. The highest BCUT2D eigenvalue weighted by Gasteiger charge is 2.10. The molecule has 0 saturated carbocycles. The van der Waals surface area contributed by atoms with Crippen molar-refractivity contribution in [3.8, 4) is 5.75 Å². The molecule has 3 N–H and O–H groups in total. The Morgan fingerprint density at radius 2 is 1.71 bits per heavy atom. The molecule has 8 heteroatoms. The van der Waals surface area contributed by atoms with Crippen LogP contribution in [0.15, 0.2) is 42.7 Å². The van der Waals surface area contributed by atoms with Crippen LogP contribution >= 0.6 is 6.72 Å². The van der Waals surface area contributed by atoms with Gasteiger partial charge in [-0.3, -0.25) is 0 Å². The second-order valence-corrected chi connectivity index (χ2v) is 8.00. The molecule has 1 aromatic heterocycles. The summed E-state index contributed by atoms with van der Waals surface area (Å²) < 4.78 is 4.89. The molecule has 0 spiro atoms. The number of nitrogens with one attached hydrogen (secondary N) is 1. The molecule has 124 valence electrons. The Labute approximate surface area is 144 Å². The Bertz CT molecular complexity index is 941. The van der Waals surface area contributed by atoms with Gasteiger partial charge >= 0.3 is 6.72 Å². The minimum Gasteiger partial charge on any atom is -0.424 e. The van der Waals surface area contributed by atoms with Crippen molar-refractivity contribution < 1.29 is 14.3 Å². The smallest absolute Gasteiger partial charge is 0.375 e. The van der Waals surface area contributed by atoms with Crippen LogP contribution in [0, 0.1) is 13.8 Å². The molecule has 0 bridgehead atoms. The number of benzene rings is 2. The van der Waals surface area contributed by atoms with Gasteiger partial charge in [0, 0.05) is 22.9 Å². The first kappa shape index (κ1) is 16.8. The van der Waals surface area contributed by atoms with E-state index in [1.54, 1.807) is 24.3 Å². The summed E-state index contributed by atoms with van der Waals surface area (Å²) in [7, 11) is 0. The normalized spacial score (nSPS) is 11.5. The molecule has 0 fully saturated rings. The zero-order chi connectivity index (χ0) is 17.3. The molecule has 0 aliphatic heterocycles. The van der Waals surface area contributed by atoms with Gasteiger partial charge in [-0.15, -0.1) is 0 Å². The van der Waals surface area contributed by atoms with E-state index in [9.17, 15) is 0 Å². The number of aromatic nitrogens is 2. The van der Waals surface area contributed by atoms with Crippen molar-refractivity contribution in [3.05, 3.63) is 53.9 Å². The van der Waals surface area contributed by atoms with E-state index in [2.05, 4.69) is 33.2 Å². The van der Waals surface area contributed by atoms with Crippen molar-refractivity contribution in [2.45, 2.75) is 13.8 Å². The summed E-state index contributed by atoms with van der Waals surface area (Å²) in [6, 6.07) is 10.8. The van der Waals surface area contributed by atoms with Gasteiger partial charge in [0.2, 0.25) is 0 Å². The Kier molecular flexibility index (Phi) is 4.51. The zero-order valence-corrected chi connectivity index (χ0v) is 14.8. The van der Waals surface area contributed by atoms with Crippen molar-refractivity contribution in [2.75, 3.05) is 5.32 Å². The maximum absolute atomic E-state index is 9.17. The standard InChI is InChI=1S/C16H16N3O3PS/c1-10-7-14-15(8-11(10)2)17-9-18-16(14)19-12-3-5-13(6-4-12)22-23(20,21)24/h3-9H,1-2H3,(H,17,18,19)(H2,20,21,24). The van der Waals surface area contributed by atoms with Gasteiger partial charge in [0.25, 0.3) is 0 Å². The van der Waals surface area contributed by atoms with E-state index in [-0.39, 0.29) is 0 Å². The van der Waals surface area contributed by atoms with E-state index < -0.39 is 6.72 Å². The van der Waals surface area contributed by atoms with Crippen LogP contribution in [0.1, 0.15) is 11.1 Å². The van der Waals surface area contributed by atoms with Crippen LogP contribution in [-0.4, -0.2) is 19.8 Å². The molecule has 0 aliphatic carbocycles. The fraction of sp³-hybridized carbons (Fsp3) is 0.125. The predicted molar refractivity (Wildman–Crippen MR) is 98.1 cm³/mol. The molecule has 3 rings (SSSR count). The molecule has 0 atom stereocenters. The average molecular weight is 361 g/mol. The lowest BCUT2D eigenvalue weighted by Crippen LogP contribution is -1.97. The third-order valence-corrected chi connectivity index (χ3v) is 4.26. The zero-order valence-electron chi connectivity index (χ0n) is 13.1. The maximum Gasteiger partial charge on any atom is 0.375 e. The van der Waals surface area contributed by atoms with Gasteiger partial charge in [0.05, 0.1) is 5.52 Å². The minimum atomic E-state index is -3.72. The summed E-state index contributed by atoms with van der Waals surface area (Å²) in [5.74, 6) is 0.999. The highest BCUT2D eigenvalue weighted by Crippen LogP contribution is 2.38. The lowest BCUT2D eigenvalue weighted by Gasteiger charge is -2.12.